The number of benzene rings is 1. The number of hydrogen-bond donors (Lipinski definition) is 3. The Morgan fingerprint density at radius 3 is 2.88 bits per heavy atom. The highest BCUT2D eigenvalue weighted by atomic mass is 79.9. The van der Waals surface area contributed by atoms with Crippen LogP contribution in [0.2, 0.25) is 0 Å². The molecule has 0 aliphatic rings. The van der Waals surface area contributed by atoms with Gasteiger partial charge in [-0.1, -0.05) is 22.0 Å². The zero-order valence-electron chi connectivity index (χ0n) is 9.12. The van der Waals surface area contributed by atoms with Gasteiger partial charge in [-0.05, 0) is 30.4 Å². The molecule has 3 N–H and O–H groups in total. The van der Waals surface area contributed by atoms with Crippen molar-refractivity contribution >= 4 is 39.2 Å². The van der Waals surface area contributed by atoms with Crippen LogP contribution in [0.1, 0.15) is 0 Å². The number of hydrogen-bond acceptors (Lipinski definition) is 3. The zero-order chi connectivity index (χ0) is 12.7. The standard InChI is InChI=1S/C10H12BrN3O2S/c1-12-10(17)14-13-9(15)6-16-8-4-2-3-7(11)5-8/h2-5H,6H2,1H3,(H,13,15)(H2,12,14,17). The van der Waals surface area contributed by atoms with E-state index in [1.165, 1.54) is 0 Å². The van der Waals surface area contributed by atoms with Gasteiger partial charge in [0.05, 0.1) is 0 Å². The van der Waals surface area contributed by atoms with Crippen LogP contribution in [-0.2, 0) is 4.79 Å². The molecule has 1 amide bonds. The molecule has 5 nitrogen and oxygen atoms in total. The molecular weight excluding hydrogens is 306 g/mol. The number of halogens is 1. The molecule has 0 unspecified atom stereocenters. The normalized spacial score (nSPS) is 9.29. The molecule has 0 saturated carbocycles. The summed E-state index contributed by atoms with van der Waals surface area (Å²) in [6.07, 6.45) is 0. The topological polar surface area (TPSA) is 62.4 Å². The van der Waals surface area contributed by atoms with Crippen molar-refractivity contribution < 1.29 is 9.53 Å². The summed E-state index contributed by atoms with van der Waals surface area (Å²) in [7, 11) is 1.65. The van der Waals surface area contributed by atoms with Crippen molar-refractivity contribution in [3.63, 3.8) is 0 Å². The molecule has 0 aromatic heterocycles. The molecule has 17 heavy (non-hydrogen) atoms. The third-order valence-electron chi connectivity index (χ3n) is 1.71. The van der Waals surface area contributed by atoms with Gasteiger partial charge in [0.15, 0.2) is 11.7 Å². The molecule has 92 valence electrons. The van der Waals surface area contributed by atoms with E-state index in [1.807, 2.05) is 12.1 Å². The molecular formula is C10H12BrN3O2S. The molecule has 0 atom stereocenters. The van der Waals surface area contributed by atoms with E-state index < -0.39 is 0 Å². The van der Waals surface area contributed by atoms with Crippen LogP contribution in [-0.4, -0.2) is 24.7 Å². The highest BCUT2D eigenvalue weighted by Gasteiger charge is 2.02. The molecule has 1 aromatic carbocycles. The van der Waals surface area contributed by atoms with Gasteiger partial charge in [0.2, 0.25) is 0 Å². The Hall–Kier alpha value is -1.34. The van der Waals surface area contributed by atoms with Gasteiger partial charge in [0.1, 0.15) is 5.75 Å². The van der Waals surface area contributed by atoms with Crippen molar-refractivity contribution in [2.24, 2.45) is 0 Å². The fraction of sp³-hybridized carbons (Fsp3) is 0.200. The minimum Gasteiger partial charge on any atom is -0.484 e. The first-order valence-corrected chi connectivity index (χ1v) is 5.97. The Morgan fingerprint density at radius 1 is 1.47 bits per heavy atom. The van der Waals surface area contributed by atoms with Crippen molar-refractivity contribution in [3.05, 3.63) is 28.7 Å². The van der Waals surface area contributed by atoms with E-state index in [0.29, 0.717) is 10.9 Å². The van der Waals surface area contributed by atoms with Crippen LogP contribution in [0.15, 0.2) is 28.7 Å². The fourth-order valence-electron chi connectivity index (χ4n) is 0.931. The summed E-state index contributed by atoms with van der Waals surface area (Å²) in [5.41, 5.74) is 4.90. The lowest BCUT2D eigenvalue weighted by atomic mass is 10.3. The van der Waals surface area contributed by atoms with Crippen LogP contribution < -0.4 is 20.9 Å². The molecule has 1 aromatic rings. The summed E-state index contributed by atoms with van der Waals surface area (Å²) in [6.45, 7) is -0.0875. The maximum absolute atomic E-state index is 11.3. The lowest BCUT2D eigenvalue weighted by Gasteiger charge is -2.09. The van der Waals surface area contributed by atoms with E-state index in [0.717, 1.165) is 4.47 Å². The van der Waals surface area contributed by atoms with E-state index in [9.17, 15) is 4.79 Å². The molecule has 1 rings (SSSR count). The molecule has 0 heterocycles. The molecule has 0 aliphatic carbocycles. The second-order valence-electron chi connectivity index (χ2n) is 3.00. The zero-order valence-corrected chi connectivity index (χ0v) is 11.5. The molecule has 0 saturated heterocycles. The van der Waals surface area contributed by atoms with Crippen LogP contribution in [0, 0.1) is 0 Å². The summed E-state index contributed by atoms with van der Waals surface area (Å²) < 4.78 is 6.16. The Bertz CT molecular complexity index is 414. The molecule has 0 aliphatic heterocycles. The lowest BCUT2D eigenvalue weighted by molar-refractivity contribution is -0.123. The summed E-state index contributed by atoms with van der Waals surface area (Å²) in [6, 6.07) is 7.24. The number of rotatable bonds is 3. The fourth-order valence-corrected chi connectivity index (χ4v) is 1.36. The van der Waals surface area contributed by atoms with Gasteiger partial charge in [-0.25, -0.2) is 0 Å². The smallest absolute Gasteiger partial charge is 0.276 e. The van der Waals surface area contributed by atoms with Crippen LogP contribution in [0.5, 0.6) is 5.75 Å². The van der Waals surface area contributed by atoms with Gasteiger partial charge in [0.25, 0.3) is 5.91 Å². The number of thiocarbonyl (C=S) groups is 1. The quantitative estimate of drug-likeness (QED) is 0.572. The summed E-state index contributed by atoms with van der Waals surface area (Å²) in [5, 5.41) is 2.99. The van der Waals surface area contributed by atoms with Crippen molar-refractivity contribution in [1.82, 2.24) is 16.2 Å². The first kappa shape index (κ1) is 13.7. The number of carbonyl (C=O) groups excluding carboxylic acids is 1. The minimum atomic E-state index is -0.317. The van der Waals surface area contributed by atoms with Crippen molar-refractivity contribution in [3.8, 4) is 5.75 Å². The van der Waals surface area contributed by atoms with Crippen LogP contribution >= 0.6 is 28.1 Å². The van der Waals surface area contributed by atoms with Crippen LogP contribution in [0.4, 0.5) is 0 Å². The van der Waals surface area contributed by atoms with Gasteiger partial charge >= 0.3 is 0 Å². The summed E-state index contributed by atoms with van der Waals surface area (Å²) >= 11 is 8.09. The van der Waals surface area contributed by atoms with Gasteiger partial charge in [-0.15, -0.1) is 0 Å². The van der Waals surface area contributed by atoms with E-state index in [2.05, 4.69) is 32.1 Å². The number of amides is 1. The van der Waals surface area contributed by atoms with Gasteiger partial charge in [-0.3, -0.25) is 15.6 Å². The highest BCUT2D eigenvalue weighted by molar-refractivity contribution is 9.10. The van der Waals surface area contributed by atoms with Gasteiger partial charge < -0.3 is 10.1 Å². The molecule has 0 spiro atoms. The predicted molar refractivity (Wildman–Crippen MR) is 72.6 cm³/mol. The Morgan fingerprint density at radius 2 is 2.24 bits per heavy atom. The minimum absolute atomic E-state index is 0.0875. The lowest BCUT2D eigenvalue weighted by Crippen LogP contribution is -2.47. The predicted octanol–water partition coefficient (Wildman–Crippen LogP) is 0.953. The summed E-state index contributed by atoms with van der Waals surface area (Å²) in [5.74, 6) is 0.299. The summed E-state index contributed by atoms with van der Waals surface area (Å²) in [4.78, 5) is 11.3. The van der Waals surface area contributed by atoms with Crippen molar-refractivity contribution in [1.29, 1.82) is 0 Å². The van der Waals surface area contributed by atoms with Gasteiger partial charge in [0, 0.05) is 11.5 Å². The Kier molecular flexibility index (Phi) is 5.71. The first-order chi connectivity index (χ1) is 8.11. The van der Waals surface area contributed by atoms with E-state index in [-0.39, 0.29) is 12.5 Å². The third kappa shape index (κ3) is 5.50. The molecule has 0 radical (unpaired) electrons. The van der Waals surface area contributed by atoms with Crippen molar-refractivity contribution in [2.45, 2.75) is 0 Å². The molecule has 7 heteroatoms. The van der Waals surface area contributed by atoms with Crippen LogP contribution in [0.25, 0.3) is 0 Å². The number of nitrogens with one attached hydrogen (secondary N) is 3. The van der Waals surface area contributed by atoms with E-state index >= 15 is 0 Å². The molecule has 0 bridgehead atoms. The second kappa shape index (κ2) is 7.08. The average molecular weight is 318 g/mol. The monoisotopic (exact) mass is 317 g/mol. The Balaban J connectivity index is 2.31. The van der Waals surface area contributed by atoms with Gasteiger partial charge in [-0.2, -0.15) is 0 Å². The van der Waals surface area contributed by atoms with Crippen molar-refractivity contribution in [2.75, 3.05) is 13.7 Å². The maximum Gasteiger partial charge on any atom is 0.276 e. The highest BCUT2D eigenvalue weighted by Crippen LogP contribution is 2.17. The van der Waals surface area contributed by atoms with E-state index in [4.69, 9.17) is 17.0 Å². The Labute approximate surface area is 113 Å². The SMILES string of the molecule is CNC(=S)NNC(=O)COc1cccc(Br)c1. The largest absolute Gasteiger partial charge is 0.484 e. The average Bonchev–Trinajstić information content (AvgIpc) is 2.33. The number of carbonyl (C=O) groups is 1. The maximum atomic E-state index is 11.3. The second-order valence-corrected chi connectivity index (χ2v) is 4.32. The number of ether oxygens (including phenoxy) is 1. The van der Waals surface area contributed by atoms with Crippen LogP contribution in [0.3, 0.4) is 0 Å². The molecule has 0 fully saturated rings. The first-order valence-electron chi connectivity index (χ1n) is 4.76. The third-order valence-corrected chi connectivity index (χ3v) is 2.51. The van der Waals surface area contributed by atoms with E-state index in [1.54, 1.807) is 19.2 Å². The number of hydrazine groups is 1.